The van der Waals surface area contributed by atoms with Gasteiger partial charge in [-0.15, -0.1) is 0 Å². The van der Waals surface area contributed by atoms with Gasteiger partial charge in [0.25, 0.3) is 0 Å². The molecule has 3 heterocycles. The maximum Gasteiger partial charge on any atom is 0.248 e. The fourth-order valence-corrected chi connectivity index (χ4v) is 2.86. The number of pyridine rings is 1. The van der Waals surface area contributed by atoms with Crippen molar-refractivity contribution >= 4 is 5.91 Å². The molecular formula is C17H22N4O3. The highest BCUT2D eigenvalue weighted by Gasteiger charge is 2.25. The maximum absolute atomic E-state index is 12.2. The topological polar surface area (TPSA) is 69.5 Å². The molecule has 7 nitrogen and oxygen atoms in total. The zero-order chi connectivity index (χ0) is 16.8. The molecular weight excluding hydrogens is 308 g/mol. The first-order chi connectivity index (χ1) is 11.8. The van der Waals surface area contributed by atoms with E-state index in [1.54, 1.807) is 12.4 Å². The molecule has 3 rings (SSSR count). The standard InChI is InChI=1S/C17H22N4O3/c1-23-13-17(22)20-8-14(9-21-16(10-20)5-7-19-21)11-24-12-15-4-2-3-6-18-15/h2-7,14H,8-13H2,1H3/t14-/m1/s1. The lowest BCUT2D eigenvalue weighted by molar-refractivity contribution is -0.136. The lowest BCUT2D eigenvalue weighted by Crippen LogP contribution is -2.37. The summed E-state index contributed by atoms with van der Waals surface area (Å²) in [5.74, 6) is 0.164. The zero-order valence-corrected chi connectivity index (χ0v) is 13.8. The Balaban J connectivity index is 1.62. The van der Waals surface area contributed by atoms with Crippen LogP contribution in [-0.2, 0) is 34.0 Å². The summed E-state index contributed by atoms with van der Waals surface area (Å²) < 4.78 is 12.8. The van der Waals surface area contributed by atoms with Gasteiger partial charge in [-0.25, -0.2) is 0 Å². The summed E-state index contributed by atoms with van der Waals surface area (Å²) in [6, 6.07) is 7.71. The van der Waals surface area contributed by atoms with Gasteiger partial charge in [-0.2, -0.15) is 5.10 Å². The minimum Gasteiger partial charge on any atom is -0.375 e. The third-order valence-electron chi connectivity index (χ3n) is 4.02. The number of ether oxygens (including phenoxy) is 2. The van der Waals surface area contributed by atoms with Gasteiger partial charge in [0.2, 0.25) is 5.91 Å². The van der Waals surface area contributed by atoms with Crippen LogP contribution in [0.2, 0.25) is 0 Å². The summed E-state index contributed by atoms with van der Waals surface area (Å²) >= 11 is 0. The first-order valence-corrected chi connectivity index (χ1v) is 8.01. The van der Waals surface area contributed by atoms with Crippen LogP contribution in [0.25, 0.3) is 0 Å². The van der Waals surface area contributed by atoms with Crippen LogP contribution in [0.3, 0.4) is 0 Å². The van der Waals surface area contributed by atoms with Crippen molar-refractivity contribution in [3.8, 4) is 0 Å². The van der Waals surface area contributed by atoms with Crippen molar-refractivity contribution in [1.82, 2.24) is 19.7 Å². The van der Waals surface area contributed by atoms with E-state index in [-0.39, 0.29) is 18.4 Å². The molecule has 1 aliphatic heterocycles. The first-order valence-electron chi connectivity index (χ1n) is 8.01. The normalized spacial score (nSPS) is 17.4. The molecule has 0 bridgehead atoms. The molecule has 2 aromatic rings. The van der Waals surface area contributed by atoms with Crippen LogP contribution >= 0.6 is 0 Å². The van der Waals surface area contributed by atoms with E-state index < -0.39 is 0 Å². The number of amides is 1. The van der Waals surface area contributed by atoms with Crippen molar-refractivity contribution in [2.75, 3.05) is 26.9 Å². The molecule has 0 saturated heterocycles. The van der Waals surface area contributed by atoms with Gasteiger partial charge in [-0.05, 0) is 18.2 Å². The first kappa shape index (κ1) is 16.6. The largest absolute Gasteiger partial charge is 0.375 e. The summed E-state index contributed by atoms with van der Waals surface area (Å²) in [6.45, 7) is 3.03. The number of aromatic nitrogens is 3. The van der Waals surface area contributed by atoms with Gasteiger partial charge >= 0.3 is 0 Å². The van der Waals surface area contributed by atoms with Crippen LogP contribution in [0.1, 0.15) is 11.4 Å². The van der Waals surface area contributed by atoms with Crippen LogP contribution in [0.15, 0.2) is 36.7 Å². The number of hydrogen-bond acceptors (Lipinski definition) is 5. The Morgan fingerprint density at radius 3 is 3.00 bits per heavy atom. The monoisotopic (exact) mass is 330 g/mol. The third-order valence-corrected chi connectivity index (χ3v) is 4.02. The smallest absolute Gasteiger partial charge is 0.248 e. The molecule has 1 atom stereocenters. The summed E-state index contributed by atoms with van der Waals surface area (Å²) in [6.07, 6.45) is 3.52. The maximum atomic E-state index is 12.2. The van der Waals surface area contributed by atoms with Gasteiger partial charge in [0.15, 0.2) is 0 Å². The number of fused-ring (bicyclic) bond motifs is 1. The van der Waals surface area contributed by atoms with Crippen molar-refractivity contribution in [1.29, 1.82) is 0 Å². The van der Waals surface area contributed by atoms with Gasteiger partial charge in [0.1, 0.15) is 6.61 Å². The average molecular weight is 330 g/mol. The zero-order valence-electron chi connectivity index (χ0n) is 13.8. The molecule has 1 amide bonds. The Morgan fingerprint density at radius 1 is 1.29 bits per heavy atom. The van der Waals surface area contributed by atoms with Gasteiger partial charge in [0, 0.05) is 38.5 Å². The summed E-state index contributed by atoms with van der Waals surface area (Å²) in [7, 11) is 1.54. The van der Waals surface area contributed by atoms with E-state index in [1.165, 1.54) is 7.11 Å². The summed E-state index contributed by atoms with van der Waals surface area (Å²) in [4.78, 5) is 18.3. The van der Waals surface area contributed by atoms with Crippen molar-refractivity contribution in [2.24, 2.45) is 5.92 Å². The second kappa shape index (κ2) is 8.03. The molecule has 1 aliphatic rings. The second-order valence-electron chi connectivity index (χ2n) is 5.91. The molecule has 0 aromatic carbocycles. The third kappa shape index (κ3) is 4.18. The number of methoxy groups -OCH3 is 1. The van der Waals surface area contributed by atoms with Gasteiger partial charge in [-0.3, -0.25) is 14.5 Å². The molecule has 128 valence electrons. The highest BCUT2D eigenvalue weighted by atomic mass is 16.5. The minimum absolute atomic E-state index is 0.0122. The van der Waals surface area contributed by atoms with E-state index >= 15 is 0 Å². The Labute approximate surface area is 141 Å². The van der Waals surface area contributed by atoms with Crippen molar-refractivity contribution in [2.45, 2.75) is 19.7 Å². The van der Waals surface area contributed by atoms with E-state index in [0.717, 1.165) is 17.9 Å². The molecule has 7 heteroatoms. The van der Waals surface area contributed by atoms with Crippen molar-refractivity contribution in [3.05, 3.63) is 48.0 Å². The quantitative estimate of drug-likeness (QED) is 0.793. The number of carbonyl (C=O) groups excluding carboxylic acids is 1. The number of nitrogens with zero attached hydrogens (tertiary/aromatic N) is 4. The molecule has 0 radical (unpaired) electrons. The molecule has 0 spiro atoms. The predicted octanol–water partition coefficient (Wildman–Crippen LogP) is 1.10. The Hall–Kier alpha value is -2.25. The van der Waals surface area contributed by atoms with Crippen LogP contribution in [0.5, 0.6) is 0 Å². The highest BCUT2D eigenvalue weighted by Crippen LogP contribution is 2.17. The van der Waals surface area contributed by atoms with E-state index in [2.05, 4.69) is 10.1 Å². The lowest BCUT2D eigenvalue weighted by atomic mass is 10.1. The minimum atomic E-state index is -0.0122. The molecule has 0 unspecified atom stereocenters. The SMILES string of the molecule is COCC(=O)N1Cc2ccnn2C[C@H](COCc2ccccn2)C1. The van der Waals surface area contributed by atoms with Crippen LogP contribution < -0.4 is 0 Å². The van der Waals surface area contributed by atoms with Crippen molar-refractivity contribution < 1.29 is 14.3 Å². The predicted molar refractivity (Wildman–Crippen MR) is 86.9 cm³/mol. The summed E-state index contributed by atoms with van der Waals surface area (Å²) in [5.41, 5.74) is 1.94. The molecule has 0 N–H and O–H groups in total. The molecule has 2 aromatic heterocycles. The van der Waals surface area contributed by atoms with E-state index in [0.29, 0.717) is 26.3 Å². The lowest BCUT2D eigenvalue weighted by Gasteiger charge is -2.23. The van der Waals surface area contributed by atoms with Crippen LogP contribution in [-0.4, -0.2) is 52.4 Å². The molecule has 0 saturated carbocycles. The molecule has 0 aliphatic carbocycles. The van der Waals surface area contributed by atoms with E-state index in [1.807, 2.05) is 33.8 Å². The Kier molecular flexibility index (Phi) is 5.55. The number of hydrogen-bond donors (Lipinski definition) is 0. The van der Waals surface area contributed by atoms with Crippen LogP contribution in [0, 0.1) is 5.92 Å². The van der Waals surface area contributed by atoms with Gasteiger partial charge in [0.05, 0.1) is 31.1 Å². The van der Waals surface area contributed by atoms with Gasteiger partial charge in [-0.1, -0.05) is 6.07 Å². The highest BCUT2D eigenvalue weighted by molar-refractivity contribution is 5.77. The molecule has 0 fully saturated rings. The Bertz CT molecular complexity index is 659. The fraction of sp³-hybridized carbons (Fsp3) is 0.471. The van der Waals surface area contributed by atoms with E-state index in [4.69, 9.17) is 9.47 Å². The van der Waals surface area contributed by atoms with Crippen LogP contribution in [0.4, 0.5) is 0 Å². The average Bonchev–Trinajstić information content (AvgIpc) is 2.94. The Morgan fingerprint density at radius 2 is 2.21 bits per heavy atom. The van der Waals surface area contributed by atoms with Crippen molar-refractivity contribution in [3.63, 3.8) is 0 Å². The fourth-order valence-electron chi connectivity index (χ4n) is 2.86. The number of carbonyl (C=O) groups is 1. The van der Waals surface area contributed by atoms with Gasteiger partial charge < -0.3 is 14.4 Å². The summed E-state index contributed by atoms with van der Waals surface area (Å²) in [5, 5.41) is 4.35. The number of rotatable bonds is 6. The van der Waals surface area contributed by atoms with E-state index in [9.17, 15) is 4.79 Å². The molecule has 24 heavy (non-hydrogen) atoms. The second-order valence-corrected chi connectivity index (χ2v) is 5.91.